The Kier molecular flexibility index (Phi) is 5.06. The Labute approximate surface area is 144 Å². The summed E-state index contributed by atoms with van der Waals surface area (Å²) in [7, 11) is 2.95. The van der Waals surface area contributed by atoms with E-state index in [9.17, 15) is 14.4 Å². The third kappa shape index (κ3) is 3.31. The van der Waals surface area contributed by atoms with Crippen molar-refractivity contribution < 1.29 is 14.4 Å². The van der Waals surface area contributed by atoms with E-state index in [2.05, 4.69) is 5.32 Å². The third-order valence-electron chi connectivity index (χ3n) is 3.31. The summed E-state index contributed by atoms with van der Waals surface area (Å²) < 4.78 is 0. The average Bonchev–Trinajstić information content (AvgIpc) is 2.55. The van der Waals surface area contributed by atoms with Crippen molar-refractivity contribution in [2.24, 2.45) is 5.92 Å². The van der Waals surface area contributed by atoms with Gasteiger partial charge in [-0.2, -0.15) is 5.26 Å². The molecule has 3 amide bonds. The van der Waals surface area contributed by atoms with Gasteiger partial charge in [0, 0.05) is 14.1 Å². The molecule has 7 nitrogen and oxygen atoms in total. The summed E-state index contributed by atoms with van der Waals surface area (Å²) in [5.74, 6) is -3.18. The molecule has 122 valence electrons. The lowest BCUT2D eigenvalue weighted by Crippen LogP contribution is -2.57. The molecule has 1 N–H and O–H groups in total. The van der Waals surface area contributed by atoms with Gasteiger partial charge in [-0.3, -0.25) is 19.3 Å². The molecule has 1 aliphatic rings. The minimum absolute atomic E-state index is 0.0432. The SMILES string of the molecule is CN(C)C(=O)/C(C#N)=C\[C@@H]1C(=O)NC(=S)N(c2ccccc2)C1=O. The number of nitriles is 1. The lowest BCUT2D eigenvalue weighted by molar-refractivity contribution is -0.131. The molecule has 0 unspecified atom stereocenters. The van der Waals surface area contributed by atoms with Crippen LogP contribution in [0.25, 0.3) is 0 Å². The summed E-state index contributed by atoms with van der Waals surface area (Å²) in [5.41, 5.74) is 0.206. The molecule has 1 aromatic carbocycles. The van der Waals surface area contributed by atoms with E-state index in [1.54, 1.807) is 36.4 Å². The van der Waals surface area contributed by atoms with Gasteiger partial charge < -0.3 is 10.2 Å². The van der Waals surface area contributed by atoms with Crippen molar-refractivity contribution in [1.29, 1.82) is 5.26 Å². The number of hydrogen-bond donors (Lipinski definition) is 1. The lowest BCUT2D eigenvalue weighted by Gasteiger charge is -2.31. The number of para-hydroxylation sites is 1. The number of rotatable bonds is 3. The van der Waals surface area contributed by atoms with Gasteiger partial charge in [-0.15, -0.1) is 0 Å². The quantitative estimate of drug-likeness (QED) is 0.375. The zero-order valence-corrected chi connectivity index (χ0v) is 13.8. The van der Waals surface area contributed by atoms with Crippen LogP contribution in [0.15, 0.2) is 42.0 Å². The number of carbonyl (C=O) groups is 3. The van der Waals surface area contributed by atoms with Gasteiger partial charge in [-0.1, -0.05) is 18.2 Å². The predicted molar refractivity (Wildman–Crippen MR) is 90.5 cm³/mol. The monoisotopic (exact) mass is 342 g/mol. The minimum Gasteiger partial charge on any atom is -0.344 e. The zero-order valence-electron chi connectivity index (χ0n) is 13.0. The maximum absolute atomic E-state index is 12.7. The summed E-state index contributed by atoms with van der Waals surface area (Å²) in [4.78, 5) is 39.1. The van der Waals surface area contributed by atoms with Crippen LogP contribution in [0.4, 0.5) is 5.69 Å². The minimum atomic E-state index is -1.31. The van der Waals surface area contributed by atoms with Crippen LogP contribution in [0, 0.1) is 17.2 Å². The lowest BCUT2D eigenvalue weighted by atomic mass is 10.0. The van der Waals surface area contributed by atoms with E-state index in [0.29, 0.717) is 5.69 Å². The van der Waals surface area contributed by atoms with E-state index in [4.69, 9.17) is 17.5 Å². The van der Waals surface area contributed by atoms with Gasteiger partial charge in [0.1, 0.15) is 17.6 Å². The van der Waals surface area contributed by atoms with E-state index in [-0.39, 0.29) is 10.7 Å². The number of likely N-dealkylation sites (N-methyl/N-ethyl adjacent to an activating group) is 1. The third-order valence-corrected chi connectivity index (χ3v) is 3.59. The number of anilines is 1. The number of nitrogens with zero attached hydrogens (tertiary/aromatic N) is 3. The molecule has 1 aromatic rings. The van der Waals surface area contributed by atoms with Crippen LogP contribution in [0.5, 0.6) is 0 Å². The maximum Gasteiger partial charge on any atom is 0.263 e. The molecular formula is C16H14N4O3S. The highest BCUT2D eigenvalue weighted by molar-refractivity contribution is 7.80. The van der Waals surface area contributed by atoms with Crippen LogP contribution in [-0.2, 0) is 14.4 Å². The Balaban J connectivity index is 2.42. The fraction of sp³-hybridized carbons (Fsp3) is 0.188. The largest absolute Gasteiger partial charge is 0.344 e. The van der Waals surface area contributed by atoms with Crippen LogP contribution >= 0.6 is 12.2 Å². The second kappa shape index (κ2) is 7.02. The molecule has 0 spiro atoms. The Hall–Kier alpha value is -3.05. The van der Waals surface area contributed by atoms with E-state index in [1.807, 2.05) is 0 Å². The van der Waals surface area contributed by atoms with Crippen molar-refractivity contribution in [1.82, 2.24) is 10.2 Å². The number of benzene rings is 1. The summed E-state index contributed by atoms with van der Waals surface area (Å²) >= 11 is 5.06. The van der Waals surface area contributed by atoms with Crippen molar-refractivity contribution in [3.8, 4) is 6.07 Å². The highest BCUT2D eigenvalue weighted by Gasteiger charge is 2.38. The van der Waals surface area contributed by atoms with E-state index in [1.165, 1.54) is 23.9 Å². The van der Waals surface area contributed by atoms with Crippen molar-refractivity contribution in [2.45, 2.75) is 0 Å². The maximum atomic E-state index is 12.7. The van der Waals surface area contributed by atoms with Gasteiger partial charge in [0.05, 0.1) is 5.69 Å². The molecule has 1 heterocycles. The molecule has 1 fully saturated rings. The molecule has 1 atom stereocenters. The Morgan fingerprint density at radius 1 is 1.33 bits per heavy atom. The first-order valence-electron chi connectivity index (χ1n) is 6.94. The first kappa shape index (κ1) is 17.3. The van der Waals surface area contributed by atoms with E-state index < -0.39 is 23.6 Å². The first-order chi connectivity index (χ1) is 11.4. The topological polar surface area (TPSA) is 93.5 Å². The van der Waals surface area contributed by atoms with Crippen LogP contribution in [0.1, 0.15) is 0 Å². The van der Waals surface area contributed by atoms with Crippen LogP contribution in [0.2, 0.25) is 0 Å². The molecule has 1 aliphatic heterocycles. The normalized spacial score (nSPS) is 18.0. The van der Waals surface area contributed by atoms with Crippen molar-refractivity contribution in [2.75, 3.05) is 19.0 Å². The van der Waals surface area contributed by atoms with Gasteiger partial charge in [0.2, 0.25) is 11.8 Å². The van der Waals surface area contributed by atoms with Crippen LogP contribution < -0.4 is 10.2 Å². The molecule has 0 aromatic heterocycles. The highest BCUT2D eigenvalue weighted by Crippen LogP contribution is 2.22. The average molecular weight is 342 g/mol. The summed E-state index contributed by atoms with van der Waals surface area (Å²) in [6.07, 6.45) is 1.07. The summed E-state index contributed by atoms with van der Waals surface area (Å²) in [6.45, 7) is 0. The van der Waals surface area contributed by atoms with Gasteiger partial charge in [-0.05, 0) is 30.4 Å². The zero-order chi connectivity index (χ0) is 17.9. The van der Waals surface area contributed by atoms with E-state index >= 15 is 0 Å². The smallest absolute Gasteiger partial charge is 0.263 e. The Morgan fingerprint density at radius 3 is 2.50 bits per heavy atom. The highest BCUT2D eigenvalue weighted by atomic mass is 32.1. The van der Waals surface area contributed by atoms with Gasteiger partial charge in [0.15, 0.2) is 5.11 Å². The van der Waals surface area contributed by atoms with Crippen molar-refractivity contribution in [3.63, 3.8) is 0 Å². The summed E-state index contributed by atoms with van der Waals surface area (Å²) in [5, 5.41) is 11.5. The molecule has 2 rings (SSSR count). The van der Waals surface area contributed by atoms with Crippen molar-refractivity contribution >= 4 is 40.7 Å². The number of nitrogens with one attached hydrogen (secondary N) is 1. The number of hydrogen-bond acceptors (Lipinski definition) is 5. The Morgan fingerprint density at radius 2 is 1.96 bits per heavy atom. The number of carbonyl (C=O) groups excluding carboxylic acids is 3. The molecule has 0 saturated carbocycles. The number of thiocarbonyl (C=S) groups is 1. The first-order valence-corrected chi connectivity index (χ1v) is 7.35. The molecule has 1 saturated heterocycles. The van der Waals surface area contributed by atoms with Gasteiger partial charge in [0.25, 0.3) is 5.91 Å². The fourth-order valence-corrected chi connectivity index (χ4v) is 2.42. The Bertz CT molecular complexity index is 780. The van der Waals surface area contributed by atoms with Crippen molar-refractivity contribution in [3.05, 3.63) is 42.0 Å². The van der Waals surface area contributed by atoms with Gasteiger partial charge in [-0.25, -0.2) is 0 Å². The van der Waals surface area contributed by atoms with Crippen LogP contribution in [-0.4, -0.2) is 41.8 Å². The fourth-order valence-electron chi connectivity index (χ4n) is 2.12. The number of amides is 3. The molecule has 24 heavy (non-hydrogen) atoms. The van der Waals surface area contributed by atoms with E-state index in [0.717, 1.165) is 6.08 Å². The van der Waals surface area contributed by atoms with Crippen LogP contribution in [0.3, 0.4) is 0 Å². The standard InChI is InChI=1S/C16H14N4O3S/c1-19(2)14(22)10(9-17)8-12-13(21)18-16(24)20(15(12)23)11-6-4-3-5-7-11/h3-8,12H,1-2H3,(H,18,21,24)/b10-8-/t12-/m1/s1. The molecule has 0 radical (unpaired) electrons. The van der Waals surface area contributed by atoms with Gasteiger partial charge >= 0.3 is 0 Å². The second-order valence-corrected chi connectivity index (χ2v) is 5.56. The molecule has 0 bridgehead atoms. The second-order valence-electron chi connectivity index (χ2n) is 5.17. The summed E-state index contributed by atoms with van der Waals surface area (Å²) in [6, 6.07) is 10.3. The molecule has 8 heteroatoms. The molecular weight excluding hydrogens is 328 g/mol. The predicted octanol–water partition coefficient (Wildman–Crippen LogP) is 0.589. The molecule has 0 aliphatic carbocycles.